The molecule has 0 aromatic heterocycles. The summed E-state index contributed by atoms with van der Waals surface area (Å²) in [4.78, 5) is 12.1. The van der Waals surface area contributed by atoms with Crippen molar-refractivity contribution >= 4 is 6.16 Å². The van der Waals surface area contributed by atoms with E-state index in [4.69, 9.17) is 14.2 Å². The van der Waals surface area contributed by atoms with Crippen molar-refractivity contribution in [2.45, 2.75) is 26.6 Å². The van der Waals surface area contributed by atoms with E-state index in [1.165, 1.54) is 0 Å². The summed E-state index contributed by atoms with van der Waals surface area (Å²) in [5, 5.41) is 0. The van der Waals surface area contributed by atoms with E-state index >= 15 is 0 Å². The second-order valence-corrected chi connectivity index (χ2v) is 5.78. The summed E-state index contributed by atoms with van der Waals surface area (Å²) >= 11 is 0. The molecule has 2 rings (SSSR count). The van der Waals surface area contributed by atoms with E-state index in [0.29, 0.717) is 18.3 Å². The molecule has 2 aromatic rings. The zero-order valence-electron chi connectivity index (χ0n) is 13.7. The van der Waals surface area contributed by atoms with E-state index in [1.807, 2.05) is 50.2 Å². The van der Waals surface area contributed by atoms with Gasteiger partial charge in [-0.15, -0.1) is 0 Å². The average molecular weight is 314 g/mol. The molecule has 0 fully saturated rings. The highest BCUT2D eigenvalue weighted by molar-refractivity contribution is 5.64. The van der Waals surface area contributed by atoms with E-state index < -0.39 is 11.9 Å². The molecule has 0 saturated carbocycles. The van der Waals surface area contributed by atoms with Crippen molar-refractivity contribution in [3.8, 4) is 5.75 Å². The first-order valence-corrected chi connectivity index (χ1v) is 7.65. The maximum atomic E-state index is 12.1. The molecule has 0 radical (unpaired) electrons. The van der Waals surface area contributed by atoms with Gasteiger partial charge in [0.15, 0.2) is 0 Å². The Balaban J connectivity index is 2.12. The van der Waals surface area contributed by atoms with Gasteiger partial charge in [0, 0.05) is 12.5 Å². The predicted molar refractivity (Wildman–Crippen MR) is 88.1 cm³/mol. The molecule has 23 heavy (non-hydrogen) atoms. The van der Waals surface area contributed by atoms with Crippen molar-refractivity contribution in [3.63, 3.8) is 0 Å². The van der Waals surface area contributed by atoms with Gasteiger partial charge < -0.3 is 14.2 Å². The minimum Gasteiger partial charge on any atom is -0.397 e. The summed E-state index contributed by atoms with van der Waals surface area (Å²) in [6.07, 6.45) is -0.800. The Morgan fingerprint density at radius 2 is 1.57 bits per heavy atom. The fraction of sp³-hybridized carbons (Fsp3) is 0.316. The van der Waals surface area contributed by atoms with Gasteiger partial charge in [0.25, 0.3) is 0 Å². The number of para-hydroxylation sites is 1. The highest BCUT2D eigenvalue weighted by Gasteiger charge is 2.33. The third kappa shape index (κ3) is 5.11. The SMILES string of the molecule is CC(C)COC(C)(OC(=O)Oc1ccccc1)c1ccccc1. The third-order valence-corrected chi connectivity index (χ3v) is 3.21. The lowest BCUT2D eigenvalue weighted by Gasteiger charge is -2.30. The fourth-order valence-corrected chi connectivity index (χ4v) is 2.00. The third-order valence-electron chi connectivity index (χ3n) is 3.21. The molecule has 0 amide bonds. The van der Waals surface area contributed by atoms with Crippen molar-refractivity contribution in [1.82, 2.24) is 0 Å². The highest BCUT2D eigenvalue weighted by atomic mass is 16.8. The van der Waals surface area contributed by atoms with Gasteiger partial charge in [-0.25, -0.2) is 4.79 Å². The Kier molecular flexibility index (Phi) is 5.77. The average Bonchev–Trinajstić information content (AvgIpc) is 2.54. The lowest BCUT2D eigenvalue weighted by atomic mass is 10.1. The van der Waals surface area contributed by atoms with Crippen molar-refractivity contribution in [2.24, 2.45) is 5.92 Å². The minimum absolute atomic E-state index is 0.312. The van der Waals surface area contributed by atoms with Crippen LogP contribution in [0.25, 0.3) is 0 Å². The molecule has 0 aliphatic rings. The van der Waals surface area contributed by atoms with Crippen LogP contribution in [-0.4, -0.2) is 12.8 Å². The van der Waals surface area contributed by atoms with Crippen LogP contribution < -0.4 is 4.74 Å². The minimum atomic E-state index is -1.20. The first-order chi connectivity index (χ1) is 11.0. The van der Waals surface area contributed by atoms with Gasteiger partial charge in [-0.3, -0.25) is 0 Å². The van der Waals surface area contributed by atoms with Crippen molar-refractivity contribution in [1.29, 1.82) is 0 Å². The van der Waals surface area contributed by atoms with Crippen LogP contribution in [0, 0.1) is 5.92 Å². The molecule has 2 aromatic carbocycles. The number of hydrogen-bond donors (Lipinski definition) is 0. The summed E-state index contributed by atoms with van der Waals surface area (Å²) < 4.78 is 16.6. The summed E-state index contributed by atoms with van der Waals surface area (Å²) in [6.45, 7) is 6.25. The summed E-state index contributed by atoms with van der Waals surface area (Å²) in [5.41, 5.74) is 0.755. The number of carbonyl (C=O) groups excluding carboxylic acids is 1. The first kappa shape index (κ1) is 17.0. The molecule has 0 aliphatic heterocycles. The van der Waals surface area contributed by atoms with Crippen LogP contribution in [-0.2, 0) is 15.3 Å². The Bertz CT molecular complexity index is 610. The van der Waals surface area contributed by atoms with Gasteiger partial charge in [0.1, 0.15) is 5.75 Å². The molecule has 0 N–H and O–H groups in total. The number of carbonyl (C=O) groups is 1. The van der Waals surface area contributed by atoms with E-state index in [2.05, 4.69) is 0 Å². The predicted octanol–water partition coefficient (Wildman–Crippen LogP) is 4.75. The second-order valence-electron chi connectivity index (χ2n) is 5.78. The molecule has 4 nitrogen and oxygen atoms in total. The molecule has 0 bridgehead atoms. The van der Waals surface area contributed by atoms with Gasteiger partial charge >= 0.3 is 6.16 Å². The highest BCUT2D eigenvalue weighted by Crippen LogP contribution is 2.28. The molecule has 0 heterocycles. The van der Waals surface area contributed by atoms with Gasteiger partial charge in [0.05, 0.1) is 6.61 Å². The molecule has 1 atom stereocenters. The molecule has 0 saturated heterocycles. The first-order valence-electron chi connectivity index (χ1n) is 7.65. The number of hydrogen-bond acceptors (Lipinski definition) is 4. The maximum absolute atomic E-state index is 12.1. The second kappa shape index (κ2) is 7.79. The van der Waals surface area contributed by atoms with Gasteiger partial charge in [-0.1, -0.05) is 62.4 Å². The number of benzene rings is 2. The molecular weight excluding hydrogens is 292 g/mol. The summed E-state index contributed by atoms with van der Waals surface area (Å²) in [5.74, 6) is -0.458. The maximum Gasteiger partial charge on any atom is 0.516 e. The van der Waals surface area contributed by atoms with Crippen LogP contribution in [0.1, 0.15) is 26.3 Å². The summed E-state index contributed by atoms with van der Waals surface area (Å²) in [7, 11) is 0. The van der Waals surface area contributed by atoms with Crippen LogP contribution in [0.5, 0.6) is 5.75 Å². The Morgan fingerprint density at radius 1 is 1.00 bits per heavy atom. The standard InChI is InChI=1S/C19H22O4/c1-15(2)14-21-19(3,16-10-6-4-7-11-16)23-18(20)22-17-12-8-5-9-13-17/h4-13,15H,14H2,1-3H3. The normalized spacial score (nSPS) is 13.4. The van der Waals surface area contributed by atoms with E-state index in [9.17, 15) is 4.79 Å². The Labute approximate surface area is 137 Å². The lowest BCUT2D eigenvalue weighted by molar-refractivity contribution is -0.210. The van der Waals surface area contributed by atoms with Gasteiger partial charge in [0.2, 0.25) is 5.79 Å². The van der Waals surface area contributed by atoms with Gasteiger partial charge in [-0.05, 0) is 18.1 Å². The zero-order chi connectivity index (χ0) is 16.7. The summed E-state index contributed by atoms with van der Waals surface area (Å²) in [6, 6.07) is 18.2. The fourth-order valence-electron chi connectivity index (χ4n) is 2.00. The van der Waals surface area contributed by atoms with Crippen LogP contribution in [0.4, 0.5) is 4.79 Å². The van der Waals surface area contributed by atoms with Crippen LogP contribution in [0.2, 0.25) is 0 Å². The van der Waals surface area contributed by atoms with E-state index in [-0.39, 0.29) is 0 Å². The molecule has 1 unspecified atom stereocenters. The quantitative estimate of drug-likeness (QED) is 0.438. The van der Waals surface area contributed by atoms with Crippen LogP contribution in [0.15, 0.2) is 60.7 Å². The van der Waals surface area contributed by atoms with Crippen molar-refractivity contribution in [3.05, 3.63) is 66.2 Å². The largest absolute Gasteiger partial charge is 0.516 e. The smallest absolute Gasteiger partial charge is 0.397 e. The topological polar surface area (TPSA) is 44.8 Å². The molecule has 4 heteroatoms. The molecule has 0 spiro atoms. The van der Waals surface area contributed by atoms with E-state index in [1.54, 1.807) is 31.2 Å². The van der Waals surface area contributed by atoms with Gasteiger partial charge in [-0.2, -0.15) is 0 Å². The monoisotopic (exact) mass is 314 g/mol. The van der Waals surface area contributed by atoms with E-state index in [0.717, 1.165) is 5.56 Å². The zero-order valence-corrected chi connectivity index (χ0v) is 13.7. The Hall–Kier alpha value is -2.33. The molecule has 0 aliphatic carbocycles. The molecule has 122 valence electrons. The number of ether oxygens (including phenoxy) is 3. The van der Waals surface area contributed by atoms with Crippen molar-refractivity contribution in [2.75, 3.05) is 6.61 Å². The van der Waals surface area contributed by atoms with Crippen LogP contribution in [0.3, 0.4) is 0 Å². The van der Waals surface area contributed by atoms with Crippen LogP contribution >= 0.6 is 0 Å². The van der Waals surface area contributed by atoms with Crippen molar-refractivity contribution < 1.29 is 19.0 Å². The molecular formula is C19H22O4. The number of rotatable bonds is 6. The Morgan fingerprint density at radius 3 is 2.13 bits per heavy atom. The lowest BCUT2D eigenvalue weighted by Crippen LogP contribution is -2.34.